The summed E-state index contributed by atoms with van der Waals surface area (Å²) in [4.78, 5) is 0. The van der Waals surface area contributed by atoms with E-state index in [0.717, 1.165) is 0 Å². The first-order valence-corrected chi connectivity index (χ1v) is 7.58. The summed E-state index contributed by atoms with van der Waals surface area (Å²) in [7, 11) is 13.2. The Morgan fingerprint density at radius 3 is 0.357 bits per heavy atom. The van der Waals surface area contributed by atoms with Crippen LogP contribution in [-0.2, 0) is 37.9 Å². The number of hydrogen-bond donors (Lipinski definition) is 0. The van der Waals surface area contributed by atoms with E-state index in [1.54, 1.807) is 56.9 Å². The van der Waals surface area contributed by atoms with Gasteiger partial charge in [-0.25, -0.2) is 0 Å². The lowest BCUT2D eigenvalue weighted by molar-refractivity contribution is 0.103. The summed E-state index contributed by atoms with van der Waals surface area (Å²) in [6.45, 7) is 5.53. The third-order valence-corrected chi connectivity index (χ3v) is 1.97. The predicted molar refractivity (Wildman–Crippen MR) is 124 cm³/mol. The molecule has 0 aliphatic heterocycles. The molecule has 0 saturated heterocycles. The van der Waals surface area contributed by atoms with Crippen molar-refractivity contribution in [1.29, 1.82) is 0 Å². The van der Waals surface area contributed by atoms with Crippen LogP contribution in [0.3, 0.4) is 0 Å². The van der Waals surface area contributed by atoms with E-state index in [2.05, 4.69) is 37.9 Å². The minimum Gasteiger partial charge on any atom is -0.382 e. The Hall–Kier alpha value is 0.840. The molecule has 0 spiro atoms. The van der Waals surface area contributed by atoms with Crippen molar-refractivity contribution in [3.8, 4) is 0 Å². The van der Waals surface area contributed by atoms with Crippen molar-refractivity contribution in [2.75, 3.05) is 110 Å². The molecule has 0 aliphatic rings. The molecule has 0 aromatic carbocycles. The summed E-state index contributed by atoms with van der Waals surface area (Å²) in [5, 5.41) is 0. The van der Waals surface area contributed by atoms with Gasteiger partial charge in [-0.1, -0.05) is 0 Å². The van der Waals surface area contributed by atoms with Crippen molar-refractivity contribution in [2.24, 2.45) is 0 Å². The van der Waals surface area contributed by atoms with Gasteiger partial charge < -0.3 is 37.9 Å². The van der Waals surface area contributed by atoms with Crippen LogP contribution >= 0.6 is 49.6 Å². The molecule has 184 valence electrons. The zero-order chi connectivity index (χ0) is 19.3. The van der Waals surface area contributed by atoms with Crippen molar-refractivity contribution >= 4 is 49.6 Å². The van der Waals surface area contributed by atoms with Crippen LogP contribution in [0.1, 0.15) is 0 Å². The highest BCUT2D eigenvalue weighted by atomic mass is 35.5. The van der Waals surface area contributed by atoms with Gasteiger partial charge in [0, 0.05) is 56.9 Å². The second kappa shape index (κ2) is 70.7. The third kappa shape index (κ3) is 109. The van der Waals surface area contributed by atoms with Gasteiger partial charge in [0.1, 0.15) is 0 Å². The highest BCUT2D eigenvalue weighted by molar-refractivity contribution is 5.86. The van der Waals surface area contributed by atoms with Crippen LogP contribution in [0.15, 0.2) is 0 Å². The molecule has 0 aliphatic carbocycles. The minimum absolute atomic E-state index is 0. The maximum atomic E-state index is 4.66. The normalized spacial score (nSPS) is 7.71. The lowest BCUT2D eigenvalue weighted by atomic mass is 10.8. The fourth-order valence-corrected chi connectivity index (χ4v) is 0.667. The van der Waals surface area contributed by atoms with E-state index in [4.69, 9.17) is 0 Å². The third-order valence-electron chi connectivity index (χ3n) is 1.97. The molecule has 0 unspecified atom stereocenters. The first-order chi connectivity index (χ1) is 11.7. The van der Waals surface area contributed by atoms with E-state index in [1.807, 2.05) is 0 Å². The van der Waals surface area contributed by atoms with Gasteiger partial charge in [-0.3, -0.25) is 0 Å². The van der Waals surface area contributed by atoms with Crippen molar-refractivity contribution in [3.05, 3.63) is 0 Å². The van der Waals surface area contributed by atoms with E-state index >= 15 is 0 Å². The molecule has 0 rings (SSSR count). The molecule has 0 aromatic rings. The van der Waals surface area contributed by atoms with Crippen molar-refractivity contribution in [1.82, 2.24) is 0 Å². The number of rotatable bonds is 12. The molecule has 0 aromatic heterocycles. The highest BCUT2D eigenvalue weighted by Crippen LogP contribution is 1.67. The second-order valence-corrected chi connectivity index (χ2v) is 3.94. The Kier molecular flexibility index (Phi) is 130. The fourth-order valence-electron chi connectivity index (χ4n) is 0.667. The summed E-state index contributed by atoms with van der Waals surface area (Å²) < 4.78 is 37.3. The average Bonchev–Trinajstić information content (AvgIpc) is 2.62. The van der Waals surface area contributed by atoms with Crippen LogP contribution in [0.5, 0.6) is 0 Å². The number of ether oxygens (including phenoxy) is 8. The number of halogens is 4. The van der Waals surface area contributed by atoms with Gasteiger partial charge in [0.05, 0.1) is 52.9 Å². The quantitative estimate of drug-likeness (QED) is 0.375. The first kappa shape index (κ1) is 51.5. The topological polar surface area (TPSA) is 73.8 Å². The van der Waals surface area contributed by atoms with Gasteiger partial charge in [0.25, 0.3) is 0 Å². The molecule has 0 bridgehead atoms. The molecule has 0 amide bonds. The fraction of sp³-hybridized carbons (Fsp3) is 1.00. The van der Waals surface area contributed by atoms with Crippen LogP contribution in [0.4, 0.5) is 0 Å². The van der Waals surface area contributed by atoms with Crippen LogP contribution < -0.4 is 0 Å². The summed E-state index contributed by atoms with van der Waals surface area (Å²) in [6.07, 6.45) is 0. The van der Waals surface area contributed by atoms with Crippen molar-refractivity contribution in [2.45, 2.75) is 0 Å². The zero-order valence-electron chi connectivity index (χ0n) is 18.6. The Labute approximate surface area is 197 Å². The van der Waals surface area contributed by atoms with Gasteiger partial charge in [-0.2, -0.15) is 0 Å². The maximum absolute atomic E-state index is 4.66. The zero-order valence-corrected chi connectivity index (χ0v) is 21.8. The largest absolute Gasteiger partial charge is 0.382 e. The SMILES string of the molecule is COCCOC.COCCOC.COCCOC.COCCOC.Cl.Cl.Cl.Cl. The Morgan fingerprint density at radius 2 is 0.321 bits per heavy atom. The Balaban J connectivity index is -0.0000000303. The van der Waals surface area contributed by atoms with Gasteiger partial charge >= 0.3 is 0 Å². The Bertz CT molecular complexity index is 119. The highest BCUT2D eigenvalue weighted by Gasteiger charge is 1.75. The molecule has 0 N–H and O–H groups in total. The van der Waals surface area contributed by atoms with Gasteiger partial charge in [-0.15, -0.1) is 49.6 Å². The standard InChI is InChI=1S/4C4H10O2.4ClH/c4*1-5-3-4-6-2;;;;/h4*3-4H2,1-2H3;4*1H. The monoisotopic (exact) mass is 504 g/mol. The summed E-state index contributed by atoms with van der Waals surface area (Å²) in [6, 6.07) is 0. The molecule has 0 radical (unpaired) electrons. The minimum atomic E-state index is 0. The van der Waals surface area contributed by atoms with Gasteiger partial charge in [-0.05, 0) is 0 Å². The van der Waals surface area contributed by atoms with Crippen LogP contribution in [-0.4, -0.2) is 110 Å². The van der Waals surface area contributed by atoms with E-state index < -0.39 is 0 Å². The van der Waals surface area contributed by atoms with E-state index in [-0.39, 0.29) is 49.6 Å². The van der Waals surface area contributed by atoms with Gasteiger partial charge in [0.15, 0.2) is 0 Å². The maximum Gasteiger partial charge on any atom is 0.0696 e. The van der Waals surface area contributed by atoms with E-state index in [0.29, 0.717) is 52.9 Å². The molecular formula is C16H44Cl4O8. The molecule has 0 atom stereocenters. The van der Waals surface area contributed by atoms with Crippen molar-refractivity contribution in [3.63, 3.8) is 0 Å². The number of hydrogen-bond acceptors (Lipinski definition) is 8. The molecule has 0 saturated carbocycles. The smallest absolute Gasteiger partial charge is 0.0696 e. The molecule has 0 heterocycles. The lowest BCUT2D eigenvalue weighted by Crippen LogP contribution is -1.96. The summed E-state index contributed by atoms with van der Waals surface area (Å²) in [5.41, 5.74) is 0. The molecular weight excluding hydrogens is 462 g/mol. The summed E-state index contributed by atoms with van der Waals surface area (Å²) in [5.74, 6) is 0. The van der Waals surface area contributed by atoms with Crippen molar-refractivity contribution < 1.29 is 37.9 Å². The molecule has 0 fully saturated rings. The predicted octanol–water partition coefficient (Wildman–Crippen LogP) is 2.80. The second-order valence-electron chi connectivity index (χ2n) is 3.94. The first-order valence-electron chi connectivity index (χ1n) is 7.58. The molecule has 28 heavy (non-hydrogen) atoms. The van der Waals surface area contributed by atoms with Crippen LogP contribution in [0.2, 0.25) is 0 Å². The van der Waals surface area contributed by atoms with Crippen LogP contribution in [0, 0.1) is 0 Å². The average molecular weight is 506 g/mol. The lowest BCUT2D eigenvalue weighted by Gasteiger charge is -1.91. The number of methoxy groups -OCH3 is 8. The molecule has 8 nitrogen and oxygen atoms in total. The van der Waals surface area contributed by atoms with E-state index in [9.17, 15) is 0 Å². The van der Waals surface area contributed by atoms with Crippen LogP contribution in [0.25, 0.3) is 0 Å². The van der Waals surface area contributed by atoms with Gasteiger partial charge in [0.2, 0.25) is 0 Å². The molecule has 12 heteroatoms. The Morgan fingerprint density at radius 1 is 0.250 bits per heavy atom. The van der Waals surface area contributed by atoms with E-state index in [1.165, 1.54) is 0 Å². The summed E-state index contributed by atoms with van der Waals surface area (Å²) >= 11 is 0.